The standard InChI is InChI=1S/C17H17N7O/c1-10(2)12-6-5-11(8-19-12)9-24-16-15(22-23-24)14(20-17(18)21-16)13-4-3-7-25-13/h3-8,10H,9H2,1-2H3,(H2,18,20,21). The molecule has 0 amide bonds. The van der Waals surface area contributed by atoms with Gasteiger partial charge in [0.1, 0.15) is 5.69 Å². The zero-order valence-electron chi connectivity index (χ0n) is 13.9. The van der Waals surface area contributed by atoms with Crippen molar-refractivity contribution in [2.45, 2.75) is 26.3 Å². The van der Waals surface area contributed by atoms with E-state index in [-0.39, 0.29) is 5.95 Å². The number of hydrogen-bond donors (Lipinski definition) is 1. The van der Waals surface area contributed by atoms with Gasteiger partial charge < -0.3 is 10.2 Å². The minimum Gasteiger partial charge on any atom is -0.463 e. The van der Waals surface area contributed by atoms with Crippen molar-refractivity contribution in [2.24, 2.45) is 0 Å². The van der Waals surface area contributed by atoms with Crippen LogP contribution < -0.4 is 5.73 Å². The number of nitrogen functional groups attached to an aromatic ring is 1. The molecule has 0 aliphatic rings. The highest BCUT2D eigenvalue weighted by Crippen LogP contribution is 2.25. The molecule has 8 heteroatoms. The number of hydrogen-bond acceptors (Lipinski definition) is 7. The number of fused-ring (bicyclic) bond motifs is 1. The maximum Gasteiger partial charge on any atom is 0.222 e. The highest BCUT2D eigenvalue weighted by Gasteiger charge is 2.17. The van der Waals surface area contributed by atoms with Crippen LogP contribution in [0.3, 0.4) is 0 Å². The van der Waals surface area contributed by atoms with Crippen LogP contribution in [0, 0.1) is 0 Å². The van der Waals surface area contributed by atoms with Gasteiger partial charge in [-0.3, -0.25) is 4.98 Å². The first kappa shape index (κ1) is 15.3. The summed E-state index contributed by atoms with van der Waals surface area (Å²) in [5.74, 6) is 1.12. The van der Waals surface area contributed by atoms with E-state index in [1.807, 2.05) is 18.3 Å². The normalized spacial score (nSPS) is 11.5. The van der Waals surface area contributed by atoms with Gasteiger partial charge >= 0.3 is 0 Å². The number of nitrogens with zero attached hydrogens (tertiary/aromatic N) is 6. The Kier molecular flexibility index (Phi) is 3.64. The van der Waals surface area contributed by atoms with Crippen LogP contribution in [0.15, 0.2) is 41.1 Å². The van der Waals surface area contributed by atoms with Crippen LogP contribution >= 0.6 is 0 Å². The summed E-state index contributed by atoms with van der Waals surface area (Å²) in [4.78, 5) is 13.0. The molecule has 2 N–H and O–H groups in total. The molecule has 4 heterocycles. The van der Waals surface area contributed by atoms with Gasteiger partial charge in [-0.05, 0) is 29.7 Å². The second-order valence-electron chi connectivity index (χ2n) is 6.07. The fourth-order valence-electron chi connectivity index (χ4n) is 2.61. The molecule has 0 saturated heterocycles. The third-order valence-corrected chi connectivity index (χ3v) is 3.91. The molecule has 25 heavy (non-hydrogen) atoms. The van der Waals surface area contributed by atoms with E-state index in [0.717, 1.165) is 11.3 Å². The molecule has 0 aromatic carbocycles. The Bertz CT molecular complexity index is 1000. The van der Waals surface area contributed by atoms with Gasteiger partial charge in [-0.15, -0.1) is 5.10 Å². The Balaban J connectivity index is 1.73. The summed E-state index contributed by atoms with van der Waals surface area (Å²) in [6, 6.07) is 7.64. The van der Waals surface area contributed by atoms with Crippen LogP contribution in [0.25, 0.3) is 22.6 Å². The maximum absolute atomic E-state index is 5.86. The molecule has 8 nitrogen and oxygen atoms in total. The van der Waals surface area contributed by atoms with Crippen molar-refractivity contribution in [1.82, 2.24) is 29.9 Å². The van der Waals surface area contributed by atoms with Crippen LogP contribution in [-0.2, 0) is 6.54 Å². The molecule has 0 saturated carbocycles. The average molecular weight is 335 g/mol. The summed E-state index contributed by atoms with van der Waals surface area (Å²) in [5, 5.41) is 8.41. The topological polar surface area (TPSA) is 109 Å². The molecular weight excluding hydrogens is 318 g/mol. The van der Waals surface area contributed by atoms with Gasteiger partial charge in [0.05, 0.1) is 12.8 Å². The SMILES string of the molecule is CC(C)c1ccc(Cn2nnc3c(-c4ccco4)nc(N)nc32)cn1. The lowest BCUT2D eigenvalue weighted by Gasteiger charge is -2.06. The quantitative estimate of drug-likeness (QED) is 0.610. The van der Waals surface area contributed by atoms with Crippen LogP contribution in [-0.4, -0.2) is 29.9 Å². The largest absolute Gasteiger partial charge is 0.463 e. The maximum atomic E-state index is 5.86. The van der Waals surface area contributed by atoms with E-state index in [4.69, 9.17) is 10.2 Å². The van der Waals surface area contributed by atoms with Crippen LogP contribution in [0.1, 0.15) is 31.0 Å². The van der Waals surface area contributed by atoms with Crippen LogP contribution in [0.5, 0.6) is 0 Å². The first-order chi connectivity index (χ1) is 12.1. The lowest BCUT2D eigenvalue weighted by molar-refractivity contribution is 0.580. The lowest BCUT2D eigenvalue weighted by Crippen LogP contribution is -2.06. The molecule has 4 aromatic rings. The molecule has 0 bridgehead atoms. The Morgan fingerprint density at radius 1 is 1.20 bits per heavy atom. The number of aromatic nitrogens is 6. The summed E-state index contributed by atoms with van der Waals surface area (Å²) in [5.41, 5.74) is 9.57. The van der Waals surface area contributed by atoms with Gasteiger partial charge in [-0.2, -0.15) is 4.98 Å². The molecular formula is C17H17N7O. The van der Waals surface area contributed by atoms with E-state index < -0.39 is 0 Å². The second kappa shape index (κ2) is 5.97. The number of anilines is 1. The Hall–Kier alpha value is -3.29. The monoisotopic (exact) mass is 335 g/mol. The van der Waals surface area contributed by atoms with Gasteiger partial charge in [0.25, 0.3) is 0 Å². The third-order valence-electron chi connectivity index (χ3n) is 3.91. The van der Waals surface area contributed by atoms with Gasteiger partial charge in [0, 0.05) is 11.9 Å². The number of pyridine rings is 1. The summed E-state index contributed by atoms with van der Waals surface area (Å²) < 4.78 is 7.10. The van der Waals surface area contributed by atoms with E-state index in [1.165, 1.54) is 0 Å². The van der Waals surface area contributed by atoms with E-state index in [2.05, 4.69) is 39.1 Å². The molecule has 0 unspecified atom stereocenters. The van der Waals surface area contributed by atoms with Gasteiger partial charge in [0.2, 0.25) is 5.95 Å². The predicted octanol–water partition coefficient (Wildman–Crippen LogP) is 2.63. The Labute approximate surface area is 143 Å². The predicted molar refractivity (Wildman–Crippen MR) is 92.7 cm³/mol. The molecule has 0 aliphatic carbocycles. The van der Waals surface area contributed by atoms with Crippen molar-refractivity contribution < 1.29 is 4.42 Å². The summed E-state index contributed by atoms with van der Waals surface area (Å²) in [6.45, 7) is 4.72. The molecule has 0 spiro atoms. The molecule has 0 atom stereocenters. The first-order valence-electron chi connectivity index (χ1n) is 7.97. The highest BCUT2D eigenvalue weighted by atomic mass is 16.3. The Morgan fingerprint density at radius 2 is 2.08 bits per heavy atom. The van der Waals surface area contributed by atoms with Gasteiger partial charge in [0.15, 0.2) is 16.9 Å². The van der Waals surface area contributed by atoms with E-state index in [0.29, 0.717) is 35.1 Å². The molecule has 0 aliphatic heterocycles. The zero-order valence-corrected chi connectivity index (χ0v) is 13.9. The Morgan fingerprint density at radius 3 is 2.76 bits per heavy atom. The lowest BCUT2D eigenvalue weighted by atomic mass is 10.1. The fourth-order valence-corrected chi connectivity index (χ4v) is 2.61. The van der Waals surface area contributed by atoms with Crippen molar-refractivity contribution >= 4 is 17.1 Å². The van der Waals surface area contributed by atoms with Crippen molar-refractivity contribution in [3.8, 4) is 11.5 Å². The zero-order chi connectivity index (χ0) is 17.4. The van der Waals surface area contributed by atoms with Crippen molar-refractivity contribution in [3.05, 3.63) is 48.0 Å². The number of furan rings is 1. The molecule has 126 valence electrons. The number of rotatable bonds is 4. The third kappa shape index (κ3) is 2.82. The van der Waals surface area contributed by atoms with Gasteiger partial charge in [-0.25, -0.2) is 9.67 Å². The van der Waals surface area contributed by atoms with Crippen molar-refractivity contribution in [3.63, 3.8) is 0 Å². The summed E-state index contributed by atoms with van der Waals surface area (Å²) in [7, 11) is 0. The average Bonchev–Trinajstić information content (AvgIpc) is 3.25. The van der Waals surface area contributed by atoms with Crippen molar-refractivity contribution in [2.75, 3.05) is 5.73 Å². The number of nitrogens with two attached hydrogens (primary N) is 1. The van der Waals surface area contributed by atoms with E-state index in [9.17, 15) is 0 Å². The van der Waals surface area contributed by atoms with Crippen LogP contribution in [0.4, 0.5) is 5.95 Å². The highest BCUT2D eigenvalue weighted by molar-refractivity contribution is 5.85. The minimum atomic E-state index is 0.149. The van der Waals surface area contributed by atoms with E-state index >= 15 is 0 Å². The van der Waals surface area contributed by atoms with Crippen molar-refractivity contribution in [1.29, 1.82) is 0 Å². The van der Waals surface area contributed by atoms with E-state index in [1.54, 1.807) is 23.1 Å². The van der Waals surface area contributed by atoms with Crippen LogP contribution in [0.2, 0.25) is 0 Å². The second-order valence-corrected chi connectivity index (χ2v) is 6.07. The first-order valence-corrected chi connectivity index (χ1v) is 7.97. The molecule has 4 aromatic heterocycles. The molecule has 4 rings (SSSR count). The smallest absolute Gasteiger partial charge is 0.222 e. The fraction of sp³-hybridized carbons (Fsp3) is 0.235. The summed E-state index contributed by atoms with van der Waals surface area (Å²) >= 11 is 0. The summed E-state index contributed by atoms with van der Waals surface area (Å²) in [6.07, 6.45) is 3.42. The molecule has 0 radical (unpaired) electrons. The minimum absolute atomic E-state index is 0.149. The molecule has 0 fully saturated rings. The van der Waals surface area contributed by atoms with Gasteiger partial charge in [-0.1, -0.05) is 25.1 Å².